The normalized spacial score (nSPS) is 12.4. The van der Waals surface area contributed by atoms with E-state index in [1.165, 1.54) is 11.3 Å². The van der Waals surface area contributed by atoms with Gasteiger partial charge in [0, 0.05) is 14.9 Å². The van der Waals surface area contributed by atoms with Crippen LogP contribution in [0.25, 0.3) is 11.3 Å². The zero-order valence-electron chi connectivity index (χ0n) is 15.7. The monoisotopic (exact) mass is 488 g/mol. The lowest BCUT2D eigenvalue weighted by atomic mass is 10.1. The van der Waals surface area contributed by atoms with Crippen LogP contribution in [0.5, 0.6) is 0 Å². The van der Waals surface area contributed by atoms with Crippen LogP contribution < -0.4 is 11.1 Å². The second-order valence-corrected chi connectivity index (χ2v) is 8.74. The van der Waals surface area contributed by atoms with Crippen LogP contribution in [0.15, 0.2) is 34.8 Å². The SMILES string of the molecule is NC(=O)c1c(NC(=O)COC(=O)c2cc(-c3ccc(Br)cc3)n[nH]2)sc2c1CCC2. The third-order valence-electron chi connectivity index (χ3n) is 4.69. The molecule has 1 aromatic carbocycles. The Morgan fingerprint density at radius 1 is 1.23 bits per heavy atom. The summed E-state index contributed by atoms with van der Waals surface area (Å²) in [4.78, 5) is 37.3. The van der Waals surface area contributed by atoms with Crippen LogP contribution in [-0.4, -0.2) is 34.6 Å². The Morgan fingerprint density at radius 3 is 2.73 bits per heavy atom. The maximum atomic E-state index is 12.2. The topological polar surface area (TPSA) is 127 Å². The summed E-state index contributed by atoms with van der Waals surface area (Å²) in [5.74, 6) is -1.82. The Hall–Kier alpha value is -2.98. The number of halogens is 1. The van der Waals surface area contributed by atoms with Crippen molar-refractivity contribution in [2.75, 3.05) is 11.9 Å². The highest BCUT2D eigenvalue weighted by molar-refractivity contribution is 9.10. The number of esters is 1. The van der Waals surface area contributed by atoms with Gasteiger partial charge in [-0.25, -0.2) is 4.79 Å². The van der Waals surface area contributed by atoms with Crippen molar-refractivity contribution in [3.63, 3.8) is 0 Å². The van der Waals surface area contributed by atoms with Crippen LogP contribution in [0.1, 0.15) is 37.7 Å². The first kappa shape index (κ1) is 20.3. The van der Waals surface area contributed by atoms with Crippen molar-refractivity contribution in [1.29, 1.82) is 0 Å². The summed E-state index contributed by atoms with van der Waals surface area (Å²) >= 11 is 4.71. The number of aryl methyl sites for hydroxylation is 1. The van der Waals surface area contributed by atoms with E-state index in [0.29, 0.717) is 16.3 Å². The van der Waals surface area contributed by atoms with Crippen molar-refractivity contribution in [2.45, 2.75) is 19.3 Å². The summed E-state index contributed by atoms with van der Waals surface area (Å²) < 4.78 is 6.00. The number of fused-ring (bicyclic) bond motifs is 1. The average molecular weight is 489 g/mol. The molecule has 0 atom stereocenters. The molecule has 8 nitrogen and oxygen atoms in total. The molecule has 154 valence electrons. The first-order valence-corrected chi connectivity index (χ1v) is 10.8. The number of hydrogen-bond donors (Lipinski definition) is 3. The second-order valence-electron chi connectivity index (χ2n) is 6.72. The van der Waals surface area contributed by atoms with Gasteiger partial charge in [-0.05, 0) is 43.0 Å². The number of anilines is 1. The number of carbonyl (C=O) groups is 3. The van der Waals surface area contributed by atoms with Gasteiger partial charge in [-0.3, -0.25) is 14.7 Å². The molecule has 30 heavy (non-hydrogen) atoms. The molecule has 1 aliphatic carbocycles. The van der Waals surface area contributed by atoms with Crippen LogP contribution in [0.4, 0.5) is 5.00 Å². The summed E-state index contributed by atoms with van der Waals surface area (Å²) in [5.41, 5.74) is 8.30. The zero-order chi connectivity index (χ0) is 21.3. The quantitative estimate of drug-likeness (QED) is 0.458. The summed E-state index contributed by atoms with van der Waals surface area (Å²) in [6, 6.07) is 9.01. The lowest BCUT2D eigenvalue weighted by molar-refractivity contribution is -0.119. The number of amides is 2. The van der Waals surface area contributed by atoms with Gasteiger partial charge < -0.3 is 15.8 Å². The minimum Gasteiger partial charge on any atom is -0.451 e. The minimum absolute atomic E-state index is 0.133. The predicted molar refractivity (Wildman–Crippen MR) is 115 cm³/mol. The fraction of sp³-hybridized carbons (Fsp3) is 0.200. The van der Waals surface area contributed by atoms with Gasteiger partial charge in [-0.15, -0.1) is 11.3 Å². The first-order valence-electron chi connectivity index (χ1n) is 9.15. The number of aromatic nitrogens is 2. The molecule has 0 bridgehead atoms. The van der Waals surface area contributed by atoms with Gasteiger partial charge in [0.1, 0.15) is 10.7 Å². The standard InChI is InChI=1S/C20H17BrN4O4S/c21-11-6-4-10(5-7-11)13-8-14(25-24-13)20(28)29-9-16(26)23-19-17(18(22)27)12-2-1-3-15(12)30-19/h4-8H,1-3,9H2,(H2,22,27)(H,23,26)(H,24,25). The van der Waals surface area contributed by atoms with Gasteiger partial charge in [0.05, 0.1) is 11.3 Å². The number of nitrogens with zero attached hydrogens (tertiary/aromatic N) is 1. The first-order chi connectivity index (χ1) is 14.4. The van der Waals surface area contributed by atoms with Crippen LogP contribution in [0.2, 0.25) is 0 Å². The average Bonchev–Trinajstić information content (AvgIpc) is 3.42. The van der Waals surface area contributed by atoms with Gasteiger partial charge in [0.15, 0.2) is 6.61 Å². The van der Waals surface area contributed by atoms with E-state index in [1.807, 2.05) is 24.3 Å². The van der Waals surface area contributed by atoms with E-state index in [1.54, 1.807) is 6.07 Å². The lowest BCUT2D eigenvalue weighted by Crippen LogP contribution is -2.22. The highest BCUT2D eigenvalue weighted by Crippen LogP contribution is 2.38. The molecule has 1 aliphatic rings. The number of benzene rings is 1. The molecule has 3 aromatic rings. The van der Waals surface area contributed by atoms with Gasteiger partial charge in [-0.2, -0.15) is 5.10 Å². The molecule has 10 heteroatoms. The number of hydrogen-bond acceptors (Lipinski definition) is 6. The van der Waals surface area contributed by atoms with Gasteiger partial charge in [0.25, 0.3) is 11.8 Å². The van der Waals surface area contributed by atoms with E-state index in [2.05, 4.69) is 31.4 Å². The number of ether oxygens (including phenoxy) is 1. The third kappa shape index (κ3) is 4.14. The van der Waals surface area contributed by atoms with Gasteiger partial charge >= 0.3 is 5.97 Å². The number of rotatable bonds is 6. The number of aromatic amines is 1. The number of thiophene rings is 1. The van der Waals surface area contributed by atoms with Gasteiger partial charge in [-0.1, -0.05) is 28.1 Å². The highest BCUT2D eigenvalue weighted by atomic mass is 79.9. The number of nitrogens with one attached hydrogen (secondary N) is 2. The van der Waals surface area contributed by atoms with Crippen LogP contribution in [-0.2, 0) is 22.4 Å². The molecule has 0 saturated carbocycles. The largest absolute Gasteiger partial charge is 0.451 e. The van der Waals surface area contributed by atoms with E-state index >= 15 is 0 Å². The molecule has 2 amide bonds. The molecule has 2 aromatic heterocycles. The molecule has 2 heterocycles. The Labute approximate surface area is 183 Å². The Bertz CT molecular complexity index is 1140. The molecular formula is C20H17BrN4O4S. The zero-order valence-corrected chi connectivity index (χ0v) is 18.1. The second kappa shape index (κ2) is 8.41. The molecule has 0 aliphatic heterocycles. The summed E-state index contributed by atoms with van der Waals surface area (Å²) in [6.45, 7) is -0.494. The van der Waals surface area contributed by atoms with E-state index < -0.39 is 24.4 Å². The molecule has 0 unspecified atom stereocenters. The Kier molecular flexibility index (Phi) is 5.69. The van der Waals surface area contributed by atoms with Gasteiger partial charge in [0.2, 0.25) is 0 Å². The summed E-state index contributed by atoms with van der Waals surface area (Å²) in [5, 5.41) is 9.76. The van der Waals surface area contributed by atoms with Crippen LogP contribution >= 0.6 is 27.3 Å². The lowest BCUT2D eigenvalue weighted by Gasteiger charge is -2.06. The fourth-order valence-electron chi connectivity index (χ4n) is 3.32. The van der Waals surface area contributed by atoms with Crippen molar-refractivity contribution in [1.82, 2.24) is 10.2 Å². The number of H-pyrrole nitrogens is 1. The smallest absolute Gasteiger partial charge is 0.356 e. The number of nitrogens with two attached hydrogens (primary N) is 1. The number of primary amides is 1. The van der Waals surface area contributed by atoms with Crippen molar-refractivity contribution in [3.8, 4) is 11.3 Å². The van der Waals surface area contributed by atoms with Crippen LogP contribution in [0.3, 0.4) is 0 Å². The number of carbonyl (C=O) groups excluding carboxylic acids is 3. The van der Waals surface area contributed by atoms with Crippen molar-refractivity contribution >= 4 is 50.1 Å². The van der Waals surface area contributed by atoms with E-state index in [-0.39, 0.29) is 5.69 Å². The molecular weight excluding hydrogens is 472 g/mol. The van der Waals surface area contributed by atoms with E-state index in [0.717, 1.165) is 39.7 Å². The molecule has 0 fully saturated rings. The maximum absolute atomic E-state index is 12.2. The molecule has 0 saturated heterocycles. The Balaban J connectivity index is 1.37. The van der Waals surface area contributed by atoms with E-state index in [9.17, 15) is 14.4 Å². The summed E-state index contributed by atoms with van der Waals surface area (Å²) in [7, 11) is 0. The fourth-order valence-corrected chi connectivity index (χ4v) is 4.89. The molecule has 4 rings (SSSR count). The van der Waals surface area contributed by atoms with E-state index in [4.69, 9.17) is 10.5 Å². The summed E-state index contributed by atoms with van der Waals surface area (Å²) in [6.07, 6.45) is 2.61. The molecule has 0 radical (unpaired) electrons. The molecule has 4 N–H and O–H groups in total. The minimum atomic E-state index is -0.704. The highest BCUT2D eigenvalue weighted by Gasteiger charge is 2.26. The van der Waals surface area contributed by atoms with Crippen molar-refractivity contribution in [3.05, 3.63) is 56.5 Å². The van der Waals surface area contributed by atoms with Crippen molar-refractivity contribution < 1.29 is 19.1 Å². The third-order valence-corrected chi connectivity index (χ3v) is 6.43. The Morgan fingerprint density at radius 2 is 2.00 bits per heavy atom. The van der Waals surface area contributed by atoms with Crippen LogP contribution in [0, 0.1) is 0 Å². The maximum Gasteiger partial charge on any atom is 0.356 e. The van der Waals surface area contributed by atoms with Crippen molar-refractivity contribution in [2.24, 2.45) is 5.73 Å². The molecule has 0 spiro atoms. The predicted octanol–water partition coefficient (Wildman–Crippen LogP) is 3.28.